The van der Waals surface area contributed by atoms with Crippen LogP contribution >= 0.6 is 0 Å². The van der Waals surface area contributed by atoms with Gasteiger partial charge in [0.15, 0.2) is 0 Å². The standard InChI is InChI=1S/C17H21NO/c1-2-17(18)15-8-10-16(11-9-15)19-13-12-14-6-4-3-5-7-14/h3-11,17H,2,12-13,18H2,1H3/t17-/m0/s1. The Balaban J connectivity index is 1.83. The van der Waals surface area contributed by atoms with Crippen molar-refractivity contribution in [3.8, 4) is 5.75 Å². The van der Waals surface area contributed by atoms with E-state index in [4.69, 9.17) is 10.5 Å². The molecule has 2 N–H and O–H groups in total. The Morgan fingerprint density at radius 3 is 2.32 bits per heavy atom. The summed E-state index contributed by atoms with van der Waals surface area (Å²) in [5, 5.41) is 0. The van der Waals surface area contributed by atoms with Gasteiger partial charge in [0, 0.05) is 12.5 Å². The molecule has 0 saturated carbocycles. The van der Waals surface area contributed by atoms with Gasteiger partial charge in [-0.1, -0.05) is 49.4 Å². The van der Waals surface area contributed by atoms with Crippen molar-refractivity contribution >= 4 is 0 Å². The molecule has 0 unspecified atom stereocenters. The lowest BCUT2D eigenvalue weighted by Crippen LogP contribution is -2.08. The third-order valence-electron chi connectivity index (χ3n) is 3.25. The van der Waals surface area contributed by atoms with Crippen LogP contribution in [0.15, 0.2) is 54.6 Å². The molecule has 2 aromatic carbocycles. The van der Waals surface area contributed by atoms with Crippen molar-refractivity contribution in [2.75, 3.05) is 6.61 Å². The minimum Gasteiger partial charge on any atom is -0.493 e. The van der Waals surface area contributed by atoms with E-state index in [2.05, 4.69) is 31.2 Å². The van der Waals surface area contributed by atoms with E-state index < -0.39 is 0 Å². The van der Waals surface area contributed by atoms with E-state index in [0.717, 1.165) is 24.2 Å². The van der Waals surface area contributed by atoms with Crippen LogP contribution in [0.4, 0.5) is 0 Å². The topological polar surface area (TPSA) is 35.2 Å². The highest BCUT2D eigenvalue weighted by Gasteiger charge is 2.02. The lowest BCUT2D eigenvalue weighted by molar-refractivity contribution is 0.322. The number of benzene rings is 2. The summed E-state index contributed by atoms with van der Waals surface area (Å²) >= 11 is 0. The predicted molar refractivity (Wildman–Crippen MR) is 79.3 cm³/mol. The minimum absolute atomic E-state index is 0.123. The van der Waals surface area contributed by atoms with Gasteiger partial charge in [0.1, 0.15) is 5.75 Å². The highest BCUT2D eigenvalue weighted by atomic mass is 16.5. The number of rotatable bonds is 6. The van der Waals surface area contributed by atoms with Crippen LogP contribution in [0.5, 0.6) is 5.75 Å². The Kier molecular flexibility index (Phi) is 4.99. The molecule has 2 rings (SSSR count). The molecule has 1 atom stereocenters. The van der Waals surface area contributed by atoms with E-state index in [1.165, 1.54) is 5.56 Å². The normalized spacial score (nSPS) is 12.1. The first-order chi connectivity index (χ1) is 9.29. The third-order valence-corrected chi connectivity index (χ3v) is 3.25. The van der Waals surface area contributed by atoms with Crippen LogP contribution in [0, 0.1) is 0 Å². The summed E-state index contributed by atoms with van der Waals surface area (Å²) in [6.45, 7) is 2.79. The molecule has 2 aromatic rings. The molecule has 2 heteroatoms. The van der Waals surface area contributed by atoms with E-state index in [1.54, 1.807) is 0 Å². The Bertz CT molecular complexity index is 478. The van der Waals surface area contributed by atoms with Gasteiger partial charge in [0.05, 0.1) is 6.61 Å². The fourth-order valence-electron chi connectivity index (χ4n) is 1.98. The van der Waals surface area contributed by atoms with E-state index in [0.29, 0.717) is 6.61 Å². The zero-order chi connectivity index (χ0) is 13.5. The average Bonchev–Trinajstić information content (AvgIpc) is 2.48. The summed E-state index contributed by atoms with van der Waals surface area (Å²) in [6.07, 6.45) is 1.88. The molecule has 0 bridgehead atoms. The van der Waals surface area contributed by atoms with Crippen molar-refractivity contribution in [2.45, 2.75) is 25.8 Å². The van der Waals surface area contributed by atoms with Crippen molar-refractivity contribution in [3.63, 3.8) is 0 Å². The second-order valence-electron chi connectivity index (χ2n) is 4.67. The van der Waals surface area contributed by atoms with Gasteiger partial charge in [0.2, 0.25) is 0 Å². The Morgan fingerprint density at radius 1 is 1.00 bits per heavy atom. The fraction of sp³-hybridized carbons (Fsp3) is 0.294. The van der Waals surface area contributed by atoms with E-state index in [1.807, 2.05) is 30.3 Å². The van der Waals surface area contributed by atoms with Gasteiger partial charge in [0.25, 0.3) is 0 Å². The maximum atomic E-state index is 5.98. The van der Waals surface area contributed by atoms with Crippen LogP contribution in [0.25, 0.3) is 0 Å². The minimum atomic E-state index is 0.123. The molecule has 19 heavy (non-hydrogen) atoms. The van der Waals surface area contributed by atoms with Crippen molar-refractivity contribution in [3.05, 3.63) is 65.7 Å². The molecule has 0 saturated heterocycles. The molecule has 2 nitrogen and oxygen atoms in total. The van der Waals surface area contributed by atoms with Gasteiger partial charge >= 0.3 is 0 Å². The first-order valence-corrected chi connectivity index (χ1v) is 6.82. The number of ether oxygens (including phenoxy) is 1. The van der Waals surface area contributed by atoms with Crippen molar-refractivity contribution in [2.24, 2.45) is 5.73 Å². The summed E-state index contributed by atoms with van der Waals surface area (Å²) in [6, 6.07) is 18.6. The molecule has 0 fully saturated rings. The van der Waals surface area contributed by atoms with Gasteiger partial charge in [-0.15, -0.1) is 0 Å². The zero-order valence-corrected chi connectivity index (χ0v) is 11.4. The molecule has 100 valence electrons. The molecular weight excluding hydrogens is 234 g/mol. The third kappa shape index (κ3) is 4.11. The van der Waals surface area contributed by atoms with Crippen LogP contribution in [-0.4, -0.2) is 6.61 Å². The summed E-state index contributed by atoms with van der Waals surface area (Å²) in [5.74, 6) is 0.906. The van der Waals surface area contributed by atoms with Gasteiger partial charge in [-0.3, -0.25) is 0 Å². The summed E-state index contributed by atoms with van der Waals surface area (Å²) in [5.41, 5.74) is 8.44. The quantitative estimate of drug-likeness (QED) is 0.854. The van der Waals surface area contributed by atoms with Crippen molar-refractivity contribution < 1.29 is 4.74 Å². The first-order valence-electron chi connectivity index (χ1n) is 6.82. The second kappa shape index (κ2) is 6.95. The summed E-state index contributed by atoms with van der Waals surface area (Å²) in [4.78, 5) is 0. The molecule has 0 aromatic heterocycles. The Hall–Kier alpha value is -1.80. The molecular formula is C17H21NO. The van der Waals surface area contributed by atoms with Gasteiger partial charge in [-0.25, -0.2) is 0 Å². The predicted octanol–water partition coefficient (Wildman–Crippen LogP) is 3.72. The van der Waals surface area contributed by atoms with E-state index in [9.17, 15) is 0 Å². The molecule has 0 aliphatic carbocycles. The SMILES string of the molecule is CC[C@H](N)c1ccc(OCCc2ccccc2)cc1. The second-order valence-corrected chi connectivity index (χ2v) is 4.67. The monoisotopic (exact) mass is 255 g/mol. The van der Waals surface area contributed by atoms with E-state index in [-0.39, 0.29) is 6.04 Å². The van der Waals surface area contributed by atoms with E-state index >= 15 is 0 Å². The lowest BCUT2D eigenvalue weighted by Gasteiger charge is -2.11. The largest absolute Gasteiger partial charge is 0.493 e. The molecule has 0 spiro atoms. The number of nitrogens with two attached hydrogens (primary N) is 1. The van der Waals surface area contributed by atoms with Gasteiger partial charge in [-0.05, 0) is 29.7 Å². The maximum absolute atomic E-state index is 5.98. The fourth-order valence-corrected chi connectivity index (χ4v) is 1.98. The van der Waals surface area contributed by atoms with Crippen LogP contribution < -0.4 is 10.5 Å². The summed E-state index contributed by atoms with van der Waals surface area (Å²) in [7, 11) is 0. The molecule has 0 amide bonds. The first kappa shape index (κ1) is 13.6. The van der Waals surface area contributed by atoms with Crippen molar-refractivity contribution in [1.29, 1.82) is 0 Å². The summed E-state index contributed by atoms with van der Waals surface area (Å²) < 4.78 is 5.74. The van der Waals surface area contributed by atoms with Crippen LogP contribution in [-0.2, 0) is 6.42 Å². The molecule has 0 heterocycles. The van der Waals surface area contributed by atoms with Crippen LogP contribution in [0.3, 0.4) is 0 Å². The zero-order valence-electron chi connectivity index (χ0n) is 11.4. The van der Waals surface area contributed by atoms with Gasteiger partial charge in [-0.2, -0.15) is 0 Å². The Labute approximate surface area is 115 Å². The van der Waals surface area contributed by atoms with Crippen LogP contribution in [0.1, 0.15) is 30.5 Å². The highest BCUT2D eigenvalue weighted by molar-refractivity contribution is 5.29. The number of hydrogen-bond donors (Lipinski definition) is 1. The molecule has 0 radical (unpaired) electrons. The molecule has 0 aliphatic rings. The van der Waals surface area contributed by atoms with Crippen LogP contribution in [0.2, 0.25) is 0 Å². The number of hydrogen-bond acceptors (Lipinski definition) is 2. The average molecular weight is 255 g/mol. The Morgan fingerprint density at radius 2 is 1.68 bits per heavy atom. The van der Waals surface area contributed by atoms with Crippen molar-refractivity contribution in [1.82, 2.24) is 0 Å². The molecule has 0 aliphatic heterocycles. The lowest BCUT2D eigenvalue weighted by atomic mass is 10.1. The maximum Gasteiger partial charge on any atom is 0.119 e. The highest BCUT2D eigenvalue weighted by Crippen LogP contribution is 2.18. The van der Waals surface area contributed by atoms with Gasteiger partial charge < -0.3 is 10.5 Å². The smallest absolute Gasteiger partial charge is 0.119 e.